The van der Waals surface area contributed by atoms with Gasteiger partial charge in [-0.15, -0.1) is 0 Å². The minimum Gasteiger partial charge on any atom is -0.507 e. The zero-order valence-corrected chi connectivity index (χ0v) is 59.3. The van der Waals surface area contributed by atoms with Gasteiger partial charge in [-0.25, -0.2) is 0 Å². The highest BCUT2D eigenvalue weighted by Crippen LogP contribution is 2.45. The zero-order chi connectivity index (χ0) is 67.6. The predicted molar refractivity (Wildman–Crippen MR) is 355 cm³/mol. The summed E-state index contributed by atoms with van der Waals surface area (Å²) < 4.78 is 25.6. The van der Waals surface area contributed by atoms with Crippen molar-refractivity contribution in [2.24, 2.45) is 5.41 Å². The first-order valence-corrected chi connectivity index (χ1v) is 31.8. The first-order valence-electron chi connectivity index (χ1n) is 31.8. The van der Waals surface area contributed by atoms with Crippen LogP contribution < -0.4 is 0 Å². The van der Waals surface area contributed by atoms with E-state index < -0.39 is 97.5 Å². The number of hydrogen-bond donors (Lipinski definition) is 4. The van der Waals surface area contributed by atoms with Crippen LogP contribution in [0.15, 0.2) is 48.5 Å². The highest BCUT2D eigenvalue weighted by Gasteiger charge is 2.45. The lowest BCUT2D eigenvalue weighted by Gasteiger charge is -2.39. The monoisotopic (exact) mass is 1220 g/mol. The van der Waals surface area contributed by atoms with Gasteiger partial charge in [0.05, 0.1) is 0 Å². The quantitative estimate of drug-likeness (QED) is 0.0515. The lowest BCUT2D eigenvalue weighted by atomic mass is 9.78. The lowest BCUT2D eigenvalue weighted by molar-refractivity contribution is -0.201. The van der Waals surface area contributed by atoms with Crippen molar-refractivity contribution in [3.05, 3.63) is 115 Å². The van der Waals surface area contributed by atoms with E-state index in [1.54, 1.807) is 0 Å². The third kappa shape index (κ3) is 20.2. The number of ether oxygens (including phenoxy) is 4. The first-order chi connectivity index (χ1) is 39.6. The molecule has 0 aliphatic heterocycles. The molecule has 4 rings (SSSR count). The smallest absolute Gasteiger partial charge is 0.306 e. The second-order valence-electron chi connectivity index (χ2n) is 34.1. The molecule has 3 unspecified atom stereocenters. The fraction of sp³-hybridized carbons (Fsp3) is 0.632. The van der Waals surface area contributed by atoms with E-state index in [0.29, 0.717) is 0 Å². The van der Waals surface area contributed by atoms with Crippen molar-refractivity contribution in [3.63, 3.8) is 0 Å². The van der Waals surface area contributed by atoms with E-state index in [0.717, 1.165) is 66.8 Å². The number of carbonyl (C=O) groups excluding carboxylic acids is 4. The second-order valence-corrected chi connectivity index (χ2v) is 34.1. The van der Waals surface area contributed by atoms with Gasteiger partial charge in [-0.05, 0) is 136 Å². The molecular formula is C76H114O12. The van der Waals surface area contributed by atoms with Gasteiger partial charge in [0.15, 0.2) is 12.2 Å². The Balaban J connectivity index is 1.88. The van der Waals surface area contributed by atoms with Gasteiger partial charge in [0, 0.05) is 31.1 Å². The van der Waals surface area contributed by atoms with Gasteiger partial charge in [-0.1, -0.05) is 235 Å². The van der Waals surface area contributed by atoms with E-state index in [9.17, 15) is 39.6 Å². The standard InChI is InChI=1S/C76H114O12/c1-68(2,3)49-36-45(37-50(62(49)81)69(4,5)6)28-32-58(77)85-44-57(86-59(78)33-29-46-38-51(70(7,8)9)63(82)52(39-46)71(10,11)12)66(87-60(79)34-30-47-40-53(72(13,14)15)64(83)54(41-47)73(16,17)18)67(76(25,26)27)88-61(80)35-31-48-42-55(74(19,20)21)65(84)56(43-48)75(22,23)24/h36-43,57,66-67,81-84H,28-35,44H2,1-27H3. The topological polar surface area (TPSA) is 186 Å². The summed E-state index contributed by atoms with van der Waals surface area (Å²) in [5.74, 6) is -1.77. The third-order valence-electron chi connectivity index (χ3n) is 16.3. The van der Waals surface area contributed by atoms with Crippen LogP contribution in [0, 0.1) is 5.41 Å². The number of phenols is 4. The van der Waals surface area contributed by atoms with Crippen LogP contribution in [0.3, 0.4) is 0 Å². The molecule has 12 nitrogen and oxygen atoms in total. The number of carbonyl (C=O) groups is 4. The molecule has 4 aromatic rings. The van der Waals surface area contributed by atoms with Crippen molar-refractivity contribution < 1.29 is 58.6 Å². The average Bonchev–Trinajstić information content (AvgIpc) is 1.14. The molecule has 4 aromatic carbocycles. The lowest BCUT2D eigenvalue weighted by Crippen LogP contribution is -2.52. The van der Waals surface area contributed by atoms with E-state index >= 15 is 0 Å². The van der Waals surface area contributed by atoms with Gasteiger partial charge in [0.25, 0.3) is 0 Å². The molecule has 12 heteroatoms. The summed E-state index contributed by atoms with van der Waals surface area (Å²) >= 11 is 0. The largest absolute Gasteiger partial charge is 0.507 e. The highest BCUT2D eigenvalue weighted by molar-refractivity contribution is 5.73. The fourth-order valence-electron chi connectivity index (χ4n) is 11.1. The van der Waals surface area contributed by atoms with Crippen molar-refractivity contribution in [2.45, 2.75) is 300 Å². The highest BCUT2D eigenvalue weighted by atomic mass is 16.6. The Labute approximate surface area is 530 Å². The van der Waals surface area contributed by atoms with Gasteiger partial charge in [-0.2, -0.15) is 0 Å². The molecule has 0 saturated heterocycles. The third-order valence-corrected chi connectivity index (χ3v) is 16.3. The number of rotatable bonds is 19. The summed E-state index contributed by atoms with van der Waals surface area (Å²) in [6, 6.07) is 15.3. The van der Waals surface area contributed by atoms with Crippen LogP contribution in [0.4, 0.5) is 0 Å². The molecule has 0 aliphatic rings. The SMILES string of the molecule is CC(C)(C)c1cc(CCC(=O)OCC(OC(=O)CCc2cc(C(C)(C)C)c(O)c(C(C)(C)C)c2)C(OC(=O)CCc2cc(C(C)(C)C)c(O)c(C(C)(C)C)c2)C(OC(=O)CCc2cc(C(C)(C)C)c(O)c(C(C)(C)C)c2)C(C)(C)C)cc(C(C)(C)C)c1O. The van der Waals surface area contributed by atoms with Crippen molar-refractivity contribution in [3.8, 4) is 23.0 Å². The van der Waals surface area contributed by atoms with Crippen molar-refractivity contribution >= 4 is 23.9 Å². The molecule has 4 N–H and O–H groups in total. The van der Waals surface area contributed by atoms with E-state index in [2.05, 4.69) is 0 Å². The summed E-state index contributed by atoms with van der Waals surface area (Å²) in [6.07, 6.45) is -3.81. The zero-order valence-electron chi connectivity index (χ0n) is 59.3. The summed E-state index contributed by atoms with van der Waals surface area (Å²) in [6.45, 7) is 53.5. The Hall–Kier alpha value is -6.04. The van der Waals surface area contributed by atoms with Crippen LogP contribution in [0.25, 0.3) is 0 Å². The van der Waals surface area contributed by atoms with E-state index in [1.807, 2.05) is 235 Å². The maximum atomic E-state index is 14.8. The number of esters is 4. The normalized spacial score (nSPS) is 14.3. The Kier molecular flexibility index (Phi) is 23.0. The maximum absolute atomic E-state index is 14.8. The van der Waals surface area contributed by atoms with Crippen LogP contribution in [-0.4, -0.2) is 69.2 Å². The second kappa shape index (κ2) is 27.2. The number of hydrogen-bond acceptors (Lipinski definition) is 12. The Morgan fingerprint density at radius 3 is 0.739 bits per heavy atom. The van der Waals surface area contributed by atoms with Gasteiger partial charge in [-0.3, -0.25) is 19.2 Å². The van der Waals surface area contributed by atoms with Crippen LogP contribution in [-0.2, 0) is 107 Å². The van der Waals surface area contributed by atoms with Crippen molar-refractivity contribution in [1.82, 2.24) is 0 Å². The van der Waals surface area contributed by atoms with E-state index in [1.165, 1.54) is 0 Å². The molecule has 0 fully saturated rings. The molecule has 0 radical (unpaired) electrons. The van der Waals surface area contributed by atoms with Crippen molar-refractivity contribution in [1.29, 1.82) is 0 Å². The van der Waals surface area contributed by atoms with Gasteiger partial charge < -0.3 is 39.4 Å². The van der Waals surface area contributed by atoms with Crippen LogP contribution in [0.1, 0.15) is 279 Å². The number of aryl methyl sites for hydroxylation is 4. The minimum atomic E-state index is -1.51. The molecule has 0 aromatic heterocycles. The Bertz CT molecular complexity index is 2990. The summed E-state index contributed by atoms with van der Waals surface area (Å²) in [4.78, 5) is 58.3. The van der Waals surface area contributed by atoms with Gasteiger partial charge in [0.1, 0.15) is 35.7 Å². The Morgan fingerprint density at radius 1 is 0.318 bits per heavy atom. The molecule has 3 atom stereocenters. The van der Waals surface area contributed by atoms with Gasteiger partial charge >= 0.3 is 23.9 Å². The van der Waals surface area contributed by atoms with Crippen LogP contribution >= 0.6 is 0 Å². The molecule has 0 spiro atoms. The molecule has 0 amide bonds. The Morgan fingerprint density at radius 2 is 0.523 bits per heavy atom. The molecule has 490 valence electrons. The van der Waals surface area contributed by atoms with Crippen LogP contribution in [0.2, 0.25) is 0 Å². The summed E-state index contributed by atoms with van der Waals surface area (Å²) in [5, 5.41) is 46.1. The molecule has 88 heavy (non-hydrogen) atoms. The van der Waals surface area contributed by atoms with Crippen LogP contribution in [0.5, 0.6) is 23.0 Å². The number of benzene rings is 4. The summed E-state index contributed by atoms with van der Waals surface area (Å²) in [5.41, 5.74) is 4.83. The fourth-order valence-corrected chi connectivity index (χ4v) is 11.1. The number of aromatic hydroxyl groups is 4. The molecule has 0 aliphatic carbocycles. The maximum Gasteiger partial charge on any atom is 0.306 e. The van der Waals surface area contributed by atoms with Crippen molar-refractivity contribution in [2.75, 3.05) is 6.61 Å². The summed E-state index contributed by atoms with van der Waals surface area (Å²) in [7, 11) is 0. The predicted octanol–water partition coefficient (Wildman–Crippen LogP) is 17.0. The van der Waals surface area contributed by atoms with Gasteiger partial charge in [0.2, 0.25) is 0 Å². The van der Waals surface area contributed by atoms with E-state index in [4.69, 9.17) is 18.9 Å². The molecule has 0 saturated carbocycles. The van der Waals surface area contributed by atoms with E-state index in [-0.39, 0.29) is 74.4 Å². The molecule has 0 bridgehead atoms. The molecular weight excluding hydrogens is 1100 g/mol. The first kappa shape index (κ1) is 74.4. The minimum absolute atomic E-state index is 0.0846. The number of phenolic OH excluding ortho intramolecular Hbond substituents is 4. The average molecular weight is 1220 g/mol. The molecule has 0 heterocycles.